The second-order valence-corrected chi connectivity index (χ2v) is 8.81. The second kappa shape index (κ2) is 8.59. The lowest BCUT2D eigenvalue weighted by atomic mass is 9.87. The minimum Gasteiger partial charge on any atom is -0.748 e. The molecule has 2 rings (SSSR count). The highest BCUT2D eigenvalue weighted by Crippen LogP contribution is 2.29. The van der Waals surface area contributed by atoms with E-state index in [2.05, 4.69) is 21.1 Å². The molecule has 132 valence electrons. The van der Waals surface area contributed by atoms with Crippen LogP contribution in [0.2, 0.25) is 0 Å². The van der Waals surface area contributed by atoms with Crippen LogP contribution in [-0.2, 0) is 19.6 Å². The van der Waals surface area contributed by atoms with Gasteiger partial charge in [-0.05, 0) is 32.1 Å². The molecule has 2 fully saturated rings. The van der Waals surface area contributed by atoms with Crippen LogP contribution in [-0.4, -0.2) is 70.4 Å². The third-order valence-corrected chi connectivity index (χ3v) is 3.83. The zero-order valence-electron chi connectivity index (χ0n) is 14.3. The summed E-state index contributed by atoms with van der Waals surface area (Å²) in [4.78, 5) is 0. The molecule has 1 heterocycles. The summed E-state index contributed by atoms with van der Waals surface area (Å²) in [6.45, 7) is 2.19. The van der Waals surface area contributed by atoms with Crippen LogP contribution in [0.4, 0.5) is 0 Å². The lowest BCUT2D eigenvalue weighted by molar-refractivity contribution is -0.874. The zero-order valence-corrected chi connectivity index (χ0v) is 15.1. The van der Waals surface area contributed by atoms with Gasteiger partial charge in [0, 0.05) is 25.2 Å². The van der Waals surface area contributed by atoms with Crippen molar-refractivity contribution in [3.05, 3.63) is 0 Å². The molecule has 0 amide bonds. The lowest BCUT2D eigenvalue weighted by Gasteiger charge is -2.34. The van der Waals surface area contributed by atoms with Crippen LogP contribution in [0, 0.1) is 5.92 Å². The maximum Gasteiger partial charge on any atom is 0.158 e. The maximum atomic E-state index is 9.08. The topological polar surface area (TPSA) is 75.7 Å². The van der Waals surface area contributed by atoms with Crippen molar-refractivity contribution in [1.82, 2.24) is 0 Å². The molecule has 0 N–H and O–H groups in total. The van der Waals surface area contributed by atoms with Crippen LogP contribution >= 0.6 is 0 Å². The monoisotopic (exact) mass is 337 g/mol. The minimum absolute atomic E-state index is 0.106. The van der Waals surface area contributed by atoms with Crippen molar-refractivity contribution in [3.8, 4) is 0 Å². The highest BCUT2D eigenvalue weighted by atomic mass is 32.2. The normalized spacial score (nSPS) is 29.8. The summed E-state index contributed by atoms with van der Waals surface area (Å²) in [5.74, 6) is 0.888. The summed E-state index contributed by atoms with van der Waals surface area (Å²) in [5.41, 5.74) is 0. The molecule has 1 aliphatic heterocycles. The van der Waals surface area contributed by atoms with E-state index in [0.717, 1.165) is 23.4 Å². The fraction of sp³-hybridized carbons (Fsp3) is 1.00. The zero-order chi connectivity index (χ0) is 16.8. The number of rotatable bonds is 4. The van der Waals surface area contributed by atoms with Gasteiger partial charge in [0.1, 0.15) is 0 Å². The van der Waals surface area contributed by atoms with Gasteiger partial charge in [0.05, 0.1) is 43.9 Å². The highest BCUT2D eigenvalue weighted by Gasteiger charge is 2.28. The molecule has 6 nitrogen and oxygen atoms in total. The van der Waals surface area contributed by atoms with Gasteiger partial charge in [-0.2, -0.15) is 0 Å². The number of hydrogen-bond donors (Lipinski definition) is 0. The van der Waals surface area contributed by atoms with Crippen LogP contribution in [0.25, 0.3) is 0 Å². The van der Waals surface area contributed by atoms with Crippen molar-refractivity contribution in [2.45, 2.75) is 50.9 Å². The average Bonchev–Trinajstić information content (AvgIpc) is 2.80. The van der Waals surface area contributed by atoms with E-state index in [0.29, 0.717) is 12.4 Å². The van der Waals surface area contributed by atoms with Crippen molar-refractivity contribution in [2.75, 3.05) is 40.6 Å². The van der Waals surface area contributed by atoms with Gasteiger partial charge in [-0.3, -0.25) is 0 Å². The van der Waals surface area contributed by atoms with Crippen molar-refractivity contribution < 1.29 is 26.9 Å². The van der Waals surface area contributed by atoms with Crippen molar-refractivity contribution in [2.24, 2.45) is 5.92 Å². The third kappa shape index (κ3) is 10.5. The predicted octanol–water partition coefficient (Wildman–Crippen LogP) is 1.57. The molecular formula is C15H31NO5S. The Morgan fingerprint density at radius 2 is 1.68 bits per heavy atom. The van der Waals surface area contributed by atoms with Gasteiger partial charge >= 0.3 is 0 Å². The summed E-state index contributed by atoms with van der Waals surface area (Å²) in [7, 11) is 2.94. The van der Waals surface area contributed by atoms with Crippen LogP contribution < -0.4 is 0 Å². The van der Waals surface area contributed by atoms with Gasteiger partial charge < -0.3 is 18.5 Å². The Labute approximate surface area is 135 Å². The molecule has 0 bridgehead atoms. The second-order valence-electron chi connectivity index (χ2n) is 7.40. The fourth-order valence-corrected chi connectivity index (χ4v) is 3.10. The van der Waals surface area contributed by atoms with Crippen LogP contribution in [0.5, 0.6) is 0 Å². The van der Waals surface area contributed by atoms with E-state index in [4.69, 9.17) is 22.4 Å². The summed E-state index contributed by atoms with van der Waals surface area (Å²) in [5, 5.41) is 0. The summed E-state index contributed by atoms with van der Waals surface area (Å²) >= 11 is 0. The van der Waals surface area contributed by atoms with Crippen LogP contribution in [0.3, 0.4) is 0 Å². The van der Waals surface area contributed by atoms with E-state index in [1.165, 1.54) is 38.6 Å². The van der Waals surface area contributed by atoms with E-state index in [1.54, 1.807) is 0 Å². The molecule has 0 radical (unpaired) electrons. The Morgan fingerprint density at radius 1 is 1.14 bits per heavy atom. The van der Waals surface area contributed by atoms with Gasteiger partial charge in [-0.1, -0.05) is 0 Å². The van der Waals surface area contributed by atoms with Gasteiger partial charge in [-0.25, -0.2) is 8.42 Å². The lowest BCUT2D eigenvalue weighted by Crippen LogP contribution is -2.41. The summed E-state index contributed by atoms with van der Waals surface area (Å²) in [6.07, 6.45) is 8.54. The number of quaternary nitrogens is 1. The van der Waals surface area contributed by atoms with Gasteiger partial charge in [0.25, 0.3) is 0 Å². The molecule has 7 heteroatoms. The molecule has 0 aromatic carbocycles. The quantitative estimate of drug-likeness (QED) is 0.575. The average molecular weight is 337 g/mol. The number of hydrogen-bond acceptors (Lipinski definition) is 5. The van der Waals surface area contributed by atoms with Crippen LogP contribution in [0.1, 0.15) is 38.5 Å². The first-order chi connectivity index (χ1) is 10.0. The molecular weight excluding hydrogens is 306 g/mol. The van der Waals surface area contributed by atoms with E-state index in [9.17, 15) is 0 Å². The summed E-state index contributed by atoms with van der Waals surface area (Å²) < 4.78 is 39.9. The Balaban J connectivity index is 0.000000422. The number of ether oxygens (including phenoxy) is 2. The Kier molecular flexibility index (Phi) is 7.74. The molecule has 1 unspecified atom stereocenters. The van der Waals surface area contributed by atoms with Gasteiger partial charge in [0.15, 0.2) is 6.29 Å². The SMILES string of the molecule is CS(=O)(=O)[O-].C[N+](C)(C)CC1CCC(OC2CCCO2)CC1. The molecule has 0 aromatic rings. The third-order valence-electron chi connectivity index (χ3n) is 3.83. The first kappa shape index (κ1) is 19.8. The fourth-order valence-electron chi connectivity index (χ4n) is 3.10. The van der Waals surface area contributed by atoms with Crippen LogP contribution in [0.15, 0.2) is 0 Å². The van der Waals surface area contributed by atoms with E-state index >= 15 is 0 Å². The number of nitrogens with zero attached hydrogens (tertiary/aromatic N) is 1. The predicted molar refractivity (Wildman–Crippen MR) is 84.3 cm³/mol. The van der Waals surface area contributed by atoms with E-state index in [1.807, 2.05) is 0 Å². The first-order valence-electron chi connectivity index (χ1n) is 8.01. The molecule has 0 spiro atoms. The Hall–Kier alpha value is -0.210. The standard InChI is InChI=1S/C14H28NO2.CH4O3S/c1-15(2,3)11-12-6-8-13(9-7-12)17-14-5-4-10-16-14;1-5(2,3)4/h12-14H,4-11H2,1-3H3;1H3,(H,2,3,4)/q+1;/p-1. The Morgan fingerprint density at radius 3 is 2.09 bits per heavy atom. The van der Waals surface area contributed by atoms with Crippen molar-refractivity contribution in [1.29, 1.82) is 0 Å². The molecule has 2 aliphatic rings. The van der Waals surface area contributed by atoms with Crippen molar-refractivity contribution in [3.63, 3.8) is 0 Å². The maximum absolute atomic E-state index is 9.08. The minimum atomic E-state index is -3.92. The van der Waals surface area contributed by atoms with Crippen molar-refractivity contribution >= 4 is 10.1 Å². The smallest absolute Gasteiger partial charge is 0.158 e. The van der Waals surface area contributed by atoms with E-state index < -0.39 is 10.1 Å². The first-order valence-corrected chi connectivity index (χ1v) is 9.83. The molecule has 1 saturated heterocycles. The Bertz CT molecular complexity index is 396. The molecule has 1 atom stereocenters. The molecule has 1 aliphatic carbocycles. The highest BCUT2D eigenvalue weighted by molar-refractivity contribution is 7.84. The molecule has 22 heavy (non-hydrogen) atoms. The largest absolute Gasteiger partial charge is 0.748 e. The molecule has 1 saturated carbocycles. The van der Waals surface area contributed by atoms with E-state index in [-0.39, 0.29) is 6.29 Å². The van der Waals surface area contributed by atoms with Gasteiger partial charge in [0.2, 0.25) is 0 Å². The van der Waals surface area contributed by atoms with Gasteiger partial charge in [-0.15, -0.1) is 0 Å². The summed E-state index contributed by atoms with van der Waals surface area (Å²) in [6, 6.07) is 0. The molecule has 0 aromatic heterocycles.